The molecule has 2 atom stereocenters. The number of hydrogen-bond acceptors (Lipinski definition) is 6. The number of benzene rings is 3. The number of hydrogen-bond donors (Lipinski definition) is 4. The molecule has 1 aromatic heterocycles. The first-order valence-electron chi connectivity index (χ1n) is 16.9. The fourth-order valence-corrected chi connectivity index (χ4v) is 6.98. The Kier molecular flexibility index (Phi) is 12.9. The van der Waals surface area contributed by atoms with E-state index in [2.05, 4.69) is 16.0 Å². The van der Waals surface area contributed by atoms with Crippen molar-refractivity contribution in [2.24, 2.45) is 0 Å². The first-order chi connectivity index (χ1) is 24.3. The van der Waals surface area contributed by atoms with Crippen LogP contribution in [0.4, 0.5) is 4.79 Å². The summed E-state index contributed by atoms with van der Waals surface area (Å²) in [5.41, 5.74) is 4.04. The second-order valence-electron chi connectivity index (χ2n) is 12.3. The van der Waals surface area contributed by atoms with Gasteiger partial charge in [0, 0.05) is 44.8 Å². The van der Waals surface area contributed by atoms with Crippen LogP contribution in [0.25, 0.3) is 0 Å². The average Bonchev–Trinajstić information content (AvgIpc) is 3.69. The SMILES string of the molecule is O=C(O)NC(CCCCNC(=O)C1Cc2ccccc2CN1C(=O)CCC(=O)c1cccs1)C(=O)NCC(c1ccccc1)c1ccccc1. The third-order valence-electron chi connectivity index (χ3n) is 8.95. The van der Waals surface area contributed by atoms with Crippen LogP contribution in [0.3, 0.4) is 0 Å². The maximum atomic E-state index is 13.5. The lowest BCUT2D eigenvalue weighted by molar-refractivity contribution is -0.141. The van der Waals surface area contributed by atoms with Crippen molar-refractivity contribution >= 4 is 40.9 Å². The summed E-state index contributed by atoms with van der Waals surface area (Å²) in [6, 6.07) is 29.2. The number of nitrogens with zero attached hydrogens (tertiary/aromatic N) is 1. The van der Waals surface area contributed by atoms with Crippen molar-refractivity contribution in [2.75, 3.05) is 13.1 Å². The molecule has 4 amide bonds. The van der Waals surface area contributed by atoms with Gasteiger partial charge in [0.1, 0.15) is 12.1 Å². The number of ketones is 1. The number of carbonyl (C=O) groups is 5. The fraction of sp³-hybridized carbons (Fsp3) is 0.308. The van der Waals surface area contributed by atoms with Gasteiger partial charge in [0.25, 0.3) is 0 Å². The molecule has 5 rings (SSSR count). The molecule has 11 heteroatoms. The summed E-state index contributed by atoms with van der Waals surface area (Å²) in [5.74, 6) is -1.16. The van der Waals surface area contributed by atoms with Crippen molar-refractivity contribution in [3.8, 4) is 0 Å². The fourth-order valence-electron chi connectivity index (χ4n) is 6.29. The van der Waals surface area contributed by atoms with E-state index in [0.29, 0.717) is 37.2 Å². The molecule has 0 saturated carbocycles. The minimum absolute atomic E-state index is 0.0140. The number of amides is 4. The van der Waals surface area contributed by atoms with Crippen LogP contribution in [0.1, 0.15) is 69.9 Å². The van der Waals surface area contributed by atoms with E-state index in [1.807, 2.05) is 90.3 Å². The molecule has 0 saturated heterocycles. The monoisotopic (exact) mass is 694 g/mol. The largest absolute Gasteiger partial charge is 0.465 e. The van der Waals surface area contributed by atoms with E-state index < -0.39 is 24.1 Å². The number of carboxylic acid groups (broad SMARTS) is 1. The molecule has 1 aliphatic rings. The zero-order chi connectivity index (χ0) is 35.3. The smallest absolute Gasteiger partial charge is 0.405 e. The van der Waals surface area contributed by atoms with Gasteiger partial charge < -0.3 is 26.0 Å². The van der Waals surface area contributed by atoms with E-state index in [0.717, 1.165) is 22.3 Å². The second-order valence-corrected chi connectivity index (χ2v) is 13.3. The average molecular weight is 695 g/mol. The van der Waals surface area contributed by atoms with E-state index >= 15 is 0 Å². The van der Waals surface area contributed by atoms with Gasteiger partial charge in [0.05, 0.1) is 4.88 Å². The van der Waals surface area contributed by atoms with E-state index in [9.17, 15) is 29.1 Å². The summed E-state index contributed by atoms with van der Waals surface area (Å²) in [6.07, 6.45) is 0.380. The van der Waals surface area contributed by atoms with Crippen LogP contribution in [-0.4, -0.2) is 64.8 Å². The van der Waals surface area contributed by atoms with E-state index in [4.69, 9.17) is 0 Å². The summed E-state index contributed by atoms with van der Waals surface area (Å²) in [6.45, 7) is 0.872. The molecule has 0 aliphatic carbocycles. The number of carbonyl (C=O) groups excluding carboxylic acids is 4. The molecule has 1 aliphatic heterocycles. The molecule has 4 N–H and O–H groups in total. The Balaban J connectivity index is 1.13. The van der Waals surface area contributed by atoms with Gasteiger partial charge >= 0.3 is 6.09 Å². The van der Waals surface area contributed by atoms with Crippen molar-refractivity contribution < 1.29 is 29.1 Å². The maximum Gasteiger partial charge on any atom is 0.405 e. The molecule has 2 heterocycles. The first kappa shape index (κ1) is 36.0. The Morgan fingerprint density at radius 2 is 1.44 bits per heavy atom. The van der Waals surface area contributed by atoms with Crippen LogP contribution >= 0.6 is 11.3 Å². The van der Waals surface area contributed by atoms with E-state index in [1.165, 1.54) is 11.3 Å². The Hall–Kier alpha value is -5.29. The number of Topliss-reactive ketones (excluding diaryl/α,β-unsaturated/α-hetero) is 1. The van der Waals surface area contributed by atoms with Gasteiger partial charge in [-0.15, -0.1) is 11.3 Å². The highest BCUT2D eigenvalue weighted by atomic mass is 32.1. The Morgan fingerprint density at radius 1 is 0.780 bits per heavy atom. The van der Waals surface area contributed by atoms with Crippen molar-refractivity contribution in [3.63, 3.8) is 0 Å². The third kappa shape index (κ3) is 9.88. The van der Waals surface area contributed by atoms with Crippen molar-refractivity contribution in [1.82, 2.24) is 20.9 Å². The van der Waals surface area contributed by atoms with E-state index in [-0.39, 0.29) is 49.3 Å². The number of fused-ring (bicyclic) bond motifs is 1. The molecule has 4 aromatic rings. The summed E-state index contributed by atoms with van der Waals surface area (Å²) in [4.78, 5) is 66.3. The highest BCUT2D eigenvalue weighted by Gasteiger charge is 2.34. The van der Waals surface area contributed by atoms with Gasteiger partial charge in [-0.1, -0.05) is 91.0 Å². The van der Waals surface area contributed by atoms with Crippen LogP contribution in [-0.2, 0) is 27.3 Å². The quantitative estimate of drug-likeness (QED) is 0.0897. The Morgan fingerprint density at radius 3 is 2.08 bits per heavy atom. The van der Waals surface area contributed by atoms with Gasteiger partial charge in [0.2, 0.25) is 17.7 Å². The number of unbranched alkanes of at least 4 members (excludes halogenated alkanes) is 1. The predicted molar refractivity (Wildman–Crippen MR) is 192 cm³/mol. The second kappa shape index (κ2) is 17.9. The molecule has 0 radical (unpaired) electrons. The zero-order valence-corrected chi connectivity index (χ0v) is 28.6. The maximum absolute atomic E-state index is 13.5. The molecule has 0 bridgehead atoms. The lowest BCUT2D eigenvalue weighted by atomic mass is 9.91. The predicted octanol–water partition coefficient (Wildman–Crippen LogP) is 5.54. The third-order valence-corrected chi connectivity index (χ3v) is 9.86. The van der Waals surface area contributed by atoms with Gasteiger partial charge in [-0.3, -0.25) is 19.2 Å². The summed E-state index contributed by atoms with van der Waals surface area (Å²) in [5, 5.41) is 19.5. The van der Waals surface area contributed by atoms with Gasteiger partial charge in [-0.2, -0.15) is 0 Å². The topological polar surface area (TPSA) is 145 Å². The van der Waals surface area contributed by atoms with Crippen LogP contribution in [0, 0.1) is 0 Å². The van der Waals surface area contributed by atoms with Gasteiger partial charge in [-0.05, 0) is 53.0 Å². The molecule has 3 aromatic carbocycles. The van der Waals surface area contributed by atoms with E-state index in [1.54, 1.807) is 17.0 Å². The molecule has 0 spiro atoms. The molecule has 10 nitrogen and oxygen atoms in total. The Bertz CT molecular complexity index is 1710. The standard InChI is InChI=1S/C39H42N4O6S/c44-34(35-19-11-23-50-35)20-21-36(45)43-26-30-17-8-7-16-29(30)24-33(43)38(47)40-22-10-9-18-32(42-39(48)49)37(46)41-25-31(27-12-3-1-4-13-27)28-14-5-2-6-15-28/h1-8,11-17,19,23,31-33,42H,9-10,18,20-22,24-26H2,(H,40,47)(H,41,46)(H,48,49). The zero-order valence-electron chi connectivity index (χ0n) is 27.8. The summed E-state index contributed by atoms with van der Waals surface area (Å²) >= 11 is 1.34. The molecule has 260 valence electrons. The Labute approximate surface area is 295 Å². The van der Waals surface area contributed by atoms with Crippen molar-refractivity contribution in [1.29, 1.82) is 0 Å². The lowest BCUT2D eigenvalue weighted by Crippen LogP contribution is -2.52. The minimum atomic E-state index is -1.29. The molecular formula is C39H42N4O6S. The highest BCUT2D eigenvalue weighted by molar-refractivity contribution is 7.12. The van der Waals surface area contributed by atoms with Crippen LogP contribution in [0.15, 0.2) is 102 Å². The van der Waals surface area contributed by atoms with Gasteiger partial charge in [-0.25, -0.2) is 4.79 Å². The number of thiophene rings is 1. The lowest BCUT2D eigenvalue weighted by Gasteiger charge is -2.36. The van der Waals surface area contributed by atoms with Crippen LogP contribution in [0.5, 0.6) is 0 Å². The summed E-state index contributed by atoms with van der Waals surface area (Å²) in [7, 11) is 0. The minimum Gasteiger partial charge on any atom is -0.465 e. The van der Waals surface area contributed by atoms with Crippen LogP contribution < -0.4 is 16.0 Å². The van der Waals surface area contributed by atoms with Crippen molar-refractivity contribution in [3.05, 3.63) is 130 Å². The van der Waals surface area contributed by atoms with Crippen LogP contribution in [0.2, 0.25) is 0 Å². The normalized spacial score (nSPS) is 14.3. The molecule has 0 fully saturated rings. The first-order valence-corrected chi connectivity index (χ1v) is 17.8. The molecule has 50 heavy (non-hydrogen) atoms. The number of rotatable bonds is 16. The highest BCUT2D eigenvalue weighted by Crippen LogP contribution is 2.26. The van der Waals surface area contributed by atoms with Crippen molar-refractivity contribution in [2.45, 2.75) is 63.1 Å². The molecular weight excluding hydrogens is 653 g/mol. The number of nitrogens with one attached hydrogen (secondary N) is 3. The summed E-state index contributed by atoms with van der Waals surface area (Å²) < 4.78 is 0. The molecule has 2 unspecified atom stereocenters. The van der Waals surface area contributed by atoms with Gasteiger partial charge in [0.15, 0.2) is 5.78 Å².